The number of hydrogen-bond donors (Lipinski definition) is 1. The van der Waals surface area contributed by atoms with E-state index in [0.29, 0.717) is 11.6 Å². The lowest BCUT2D eigenvalue weighted by Gasteiger charge is -2.09. The molecule has 0 radical (unpaired) electrons. The van der Waals surface area contributed by atoms with Gasteiger partial charge in [0.15, 0.2) is 5.16 Å². The van der Waals surface area contributed by atoms with Crippen molar-refractivity contribution in [2.75, 3.05) is 5.75 Å². The van der Waals surface area contributed by atoms with Gasteiger partial charge in [-0.15, -0.1) is 0 Å². The third-order valence-electron chi connectivity index (χ3n) is 4.69. The summed E-state index contributed by atoms with van der Waals surface area (Å²) in [6.07, 6.45) is 3.48. The maximum absolute atomic E-state index is 12.3. The summed E-state index contributed by atoms with van der Waals surface area (Å²) in [6, 6.07) is 25.5. The van der Waals surface area contributed by atoms with E-state index in [1.807, 2.05) is 84.9 Å². The van der Waals surface area contributed by atoms with Crippen LogP contribution in [-0.4, -0.2) is 27.4 Å². The molecule has 33 heavy (non-hydrogen) atoms. The van der Waals surface area contributed by atoms with Crippen molar-refractivity contribution in [1.29, 1.82) is 0 Å². The van der Waals surface area contributed by atoms with Gasteiger partial charge in [0.05, 0.1) is 29.5 Å². The number of thioether (sulfide) groups is 1. The van der Waals surface area contributed by atoms with Crippen molar-refractivity contribution in [2.24, 2.45) is 5.10 Å². The molecule has 0 aliphatic heterocycles. The summed E-state index contributed by atoms with van der Waals surface area (Å²) in [5.74, 6) is -0.0113. The first-order valence-electron chi connectivity index (χ1n) is 10.1. The zero-order chi connectivity index (χ0) is 23.0. The maximum atomic E-state index is 12.3. The molecule has 4 rings (SSSR count). The number of carbonyl (C=O) groups excluding carboxylic acids is 1. The van der Waals surface area contributed by atoms with E-state index in [4.69, 9.17) is 16.6 Å². The zero-order valence-corrected chi connectivity index (χ0v) is 20.6. The highest BCUT2D eigenvalue weighted by Gasteiger charge is 2.13. The van der Waals surface area contributed by atoms with Gasteiger partial charge in [-0.25, -0.2) is 10.4 Å². The summed E-state index contributed by atoms with van der Waals surface area (Å²) in [5, 5.41) is 5.50. The van der Waals surface area contributed by atoms with E-state index in [1.165, 1.54) is 11.8 Å². The molecule has 8 heteroatoms. The second kappa shape index (κ2) is 11.3. The number of nitrogens with one attached hydrogen (secondary N) is 1. The number of hydrazone groups is 1. The Hall–Kier alpha value is -2.87. The average Bonchev–Trinajstić information content (AvgIpc) is 3.17. The van der Waals surface area contributed by atoms with Crippen LogP contribution in [0, 0.1) is 0 Å². The Morgan fingerprint density at radius 1 is 1.06 bits per heavy atom. The molecule has 1 N–H and O–H groups in total. The molecular weight excluding hydrogens is 520 g/mol. The van der Waals surface area contributed by atoms with E-state index < -0.39 is 0 Å². The summed E-state index contributed by atoms with van der Waals surface area (Å²) < 4.78 is 2.87. The van der Waals surface area contributed by atoms with E-state index in [9.17, 15) is 4.79 Å². The Kier molecular flexibility index (Phi) is 7.99. The fourth-order valence-electron chi connectivity index (χ4n) is 3.16. The second-order valence-corrected chi connectivity index (χ2v) is 9.41. The number of hydrogen-bond acceptors (Lipinski definition) is 4. The molecular formula is C25H20BrClN4OS. The molecule has 0 aliphatic rings. The molecule has 3 aromatic carbocycles. The number of rotatable bonds is 8. The lowest BCUT2D eigenvalue weighted by atomic mass is 10.2. The molecule has 0 saturated heterocycles. The minimum absolute atomic E-state index is 0.196. The summed E-state index contributed by atoms with van der Waals surface area (Å²) in [4.78, 5) is 17.1. The molecule has 0 bridgehead atoms. The van der Waals surface area contributed by atoms with Crippen LogP contribution in [0.3, 0.4) is 0 Å². The highest BCUT2D eigenvalue weighted by atomic mass is 79.9. The number of nitrogens with zero attached hydrogens (tertiary/aromatic N) is 3. The summed E-state index contributed by atoms with van der Waals surface area (Å²) in [5.41, 5.74) is 6.62. The molecule has 166 valence electrons. The molecule has 0 saturated carbocycles. The number of benzene rings is 3. The van der Waals surface area contributed by atoms with Crippen molar-refractivity contribution in [3.63, 3.8) is 0 Å². The van der Waals surface area contributed by atoms with Gasteiger partial charge in [0.25, 0.3) is 5.91 Å². The Morgan fingerprint density at radius 2 is 1.79 bits per heavy atom. The van der Waals surface area contributed by atoms with Gasteiger partial charge in [0, 0.05) is 9.51 Å². The van der Waals surface area contributed by atoms with Crippen LogP contribution in [0.25, 0.3) is 17.1 Å². The van der Waals surface area contributed by atoms with Gasteiger partial charge in [0.1, 0.15) is 0 Å². The maximum Gasteiger partial charge on any atom is 0.250 e. The smallest absolute Gasteiger partial charge is 0.250 e. The molecule has 1 heterocycles. The normalized spacial score (nSPS) is 11.9. The van der Waals surface area contributed by atoms with Crippen molar-refractivity contribution < 1.29 is 4.79 Å². The molecule has 0 fully saturated rings. The molecule has 0 spiro atoms. The molecule has 0 atom stereocenters. The number of carbonyl (C=O) groups is 1. The molecule has 5 nitrogen and oxygen atoms in total. The van der Waals surface area contributed by atoms with Gasteiger partial charge in [-0.1, -0.05) is 78.0 Å². The fraction of sp³-hybridized carbons (Fsp3) is 0.0800. The van der Waals surface area contributed by atoms with Gasteiger partial charge < -0.3 is 4.57 Å². The summed E-state index contributed by atoms with van der Waals surface area (Å²) >= 11 is 10.8. The first-order chi connectivity index (χ1) is 16.1. The van der Waals surface area contributed by atoms with Crippen LogP contribution in [0.2, 0.25) is 5.02 Å². The van der Waals surface area contributed by atoms with E-state index in [-0.39, 0.29) is 11.7 Å². The van der Waals surface area contributed by atoms with E-state index in [0.717, 1.165) is 31.8 Å². The third kappa shape index (κ3) is 6.57. The minimum atomic E-state index is -0.207. The Morgan fingerprint density at radius 3 is 2.58 bits per heavy atom. The van der Waals surface area contributed by atoms with Crippen LogP contribution in [-0.2, 0) is 11.3 Å². The van der Waals surface area contributed by atoms with Crippen molar-refractivity contribution in [3.8, 4) is 0 Å². The molecule has 0 aliphatic carbocycles. The van der Waals surface area contributed by atoms with Gasteiger partial charge in [-0.2, -0.15) is 5.10 Å². The van der Waals surface area contributed by atoms with Crippen LogP contribution in [0.1, 0.15) is 11.1 Å². The van der Waals surface area contributed by atoms with E-state index in [1.54, 1.807) is 6.21 Å². The lowest BCUT2D eigenvalue weighted by Crippen LogP contribution is -2.20. The zero-order valence-electron chi connectivity index (χ0n) is 17.5. The van der Waals surface area contributed by atoms with E-state index in [2.05, 4.69) is 31.0 Å². The van der Waals surface area contributed by atoms with Crippen molar-refractivity contribution in [3.05, 3.63) is 99.5 Å². The highest BCUT2D eigenvalue weighted by molar-refractivity contribution is 9.12. The first kappa shape index (κ1) is 23.3. The van der Waals surface area contributed by atoms with Gasteiger partial charge in [-0.3, -0.25) is 4.79 Å². The summed E-state index contributed by atoms with van der Waals surface area (Å²) in [7, 11) is 0. The fourth-order valence-corrected chi connectivity index (χ4v) is 4.46. The van der Waals surface area contributed by atoms with Crippen molar-refractivity contribution in [1.82, 2.24) is 15.0 Å². The number of imidazole rings is 1. The SMILES string of the molecule is O=C(CSc1nc2ccccc2n1Cc1ccc(Cl)cc1)N/N=C/C(Br)=C/c1ccccc1. The number of amides is 1. The quantitative estimate of drug-likeness (QED) is 0.161. The number of fused-ring (bicyclic) bond motifs is 1. The average molecular weight is 540 g/mol. The topological polar surface area (TPSA) is 59.3 Å². The van der Waals surface area contributed by atoms with Crippen LogP contribution in [0.5, 0.6) is 0 Å². The van der Waals surface area contributed by atoms with Crippen LogP contribution < -0.4 is 5.43 Å². The Balaban J connectivity index is 1.40. The second-order valence-electron chi connectivity index (χ2n) is 7.12. The molecule has 1 aromatic heterocycles. The number of aromatic nitrogens is 2. The monoisotopic (exact) mass is 538 g/mol. The molecule has 1 amide bonds. The number of allylic oxidation sites excluding steroid dienone is 1. The largest absolute Gasteiger partial charge is 0.314 e. The minimum Gasteiger partial charge on any atom is -0.314 e. The standard InChI is InChI=1S/C25H20BrClN4OS/c26-20(14-18-6-2-1-3-7-18)15-28-30-24(32)17-33-25-29-22-8-4-5-9-23(22)31(25)16-19-10-12-21(27)13-11-19/h1-15H,16-17H2,(H,30,32)/b20-14-,28-15+. The van der Waals surface area contributed by atoms with Gasteiger partial charge >= 0.3 is 0 Å². The van der Waals surface area contributed by atoms with Gasteiger partial charge in [-0.05, 0) is 57.4 Å². The predicted molar refractivity (Wildman–Crippen MR) is 141 cm³/mol. The molecule has 4 aromatic rings. The predicted octanol–water partition coefficient (Wildman–Crippen LogP) is 6.37. The van der Waals surface area contributed by atoms with Crippen molar-refractivity contribution >= 4 is 68.5 Å². The number of para-hydroxylation sites is 2. The Labute approximate surface area is 209 Å². The highest BCUT2D eigenvalue weighted by Crippen LogP contribution is 2.25. The van der Waals surface area contributed by atoms with Crippen LogP contribution in [0.15, 0.2) is 93.6 Å². The first-order valence-corrected chi connectivity index (χ1v) is 12.3. The third-order valence-corrected chi connectivity index (χ3v) is 6.35. The summed E-state index contributed by atoms with van der Waals surface area (Å²) in [6.45, 7) is 0.636. The molecule has 0 unspecified atom stereocenters. The van der Waals surface area contributed by atoms with Gasteiger partial charge in [0.2, 0.25) is 0 Å². The van der Waals surface area contributed by atoms with Crippen LogP contribution >= 0.6 is 39.3 Å². The van der Waals surface area contributed by atoms with Crippen molar-refractivity contribution in [2.45, 2.75) is 11.7 Å². The van der Waals surface area contributed by atoms with E-state index >= 15 is 0 Å². The van der Waals surface area contributed by atoms with Crippen LogP contribution in [0.4, 0.5) is 0 Å². The number of halogens is 2. The Bertz CT molecular complexity index is 1300. The lowest BCUT2D eigenvalue weighted by molar-refractivity contribution is -0.118.